The number of hydrogen-bond acceptors (Lipinski definition) is 2. The van der Waals surface area contributed by atoms with Gasteiger partial charge in [0.1, 0.15) is 0 Å². The van der Waals surface area contributed by atoms with Crippen LogP contribution in [0.5, 0.6) is 0 Å². The summed E-state index contributed by atoms with van der Waals surface area (Å²) in [6.45, 7) is 10.9. The molecule has 2 nitrogen and oxygen atoms in total. The van der Waals surface area contributed by atoms with Gasteiger partial charge in [0, 0.05) is 0 Å². The van der Waals surface area contributed by atoms with Crippen molar-refractivity contribution in [2.45, 2.75) is 71.2 Å². The Kier molecular flexibility index (Phi) is 10.9. The fraction of sp³-hybridized carbons (Fsp3) is 0.812. The second kappa shape index (κ2) is 10.9. The van der Waals surface area contributed by atoms with Crippen molar-refractivity contribution in [3.05, 3.63) is 9.71 Å². The van der Waals surface area contributed by atoms with Gasteiger partial charge in [-0.25, -0.2) is 0 Å². The summed E-state index contributed by atoms with van der Waals surface area (Å²) >= 11 is -2.72. The molecule has 0 aliphatic rings. The standard InChI is InChI=1S/C4H5O2.3C4H9.Pb/c1-3-4(5)6-2;3*1-3-4-2;/h1H2,2H3;3*1,3-4H2,2H3;. The van der Waals surface area contributed by atoms with Crippen molar-refractivity contribution in [1.29, 1.82) is 0 Å². The third kappa shape index (κ3) is 6.41. The van der Waals surface area contributed by atoms with Crippen molar-refractivity contribution in [3.8, 4) is 0 Å². The average Bonchev–Trinajstić information content (AvgIpc) is 2.45. The summed E-state index contributed by atoms with van der Waals surface area (Å²) in [7, 11) is 1.49. The van der Waals surface area contributed by atoms with Crippen LogP contribution in [-0.4, -0.2) is 34.3 Å². The van der Waals surface area contributed by atoms with E-state index in [1.165, 1.54) is 57.6 Å². The number of methoxy groups -OCH3 is 1. The Bertz CT molecular complexity index is 252. The Morgan fingerprint density at radius 1 is 0.947 bits per heavy atom. The topological polar surface area (TPSA) is 26.3 Å². The summed E-state index contributed by atoms with van der Waals surface area (Å²) in [5.41, 5.74) is 0. The van der Waals surface area contributed by atoms with E-state index in [1.54, 1.807) is 0 Å². The van der Waals surface area contributed by atoms with Gasteiger partial charge in [-0.3, -0.25) is 0 Å². The number of unbranched alkanes of at least 4 members (excludes halogenated alkanes) is 3. The molecule has 0 aromatic rings. The van der Waals surface area contributed by atoms with E-state index in [4.69, 9.17) is 4.74 Å². The van der Waals surface area contributed by atoms with E-state index in [9.17, 15) is 4.79 Å². The van der Waals surface area contributed by atoms with Crippen molar-refractivity contribution in [2.75, 3.05) is 7.11 Å². The fourth-order valence-electron chi connectivity index (χ4n) is 2.71. The van der Waals surface area contributed by atoms with Crippen LogP contribution in [0, 0.1) is 0 Å². The molecule has 0 N–H and O–H groups in total. The van der Waals surface area contributed by atoms with Gasteiger partial charge in [-0.1, -0.05) is 0 Å². The zero-order chi connectivity index (χ0) is 14.7. The van der Waals surface area contributed by atoms with Crippen molar-refractivity contribution in [1.82, 2.24) is 0 Å². The summed E-state index contributed by atoms with van der Waals surface area (Å²) in [6, 6.07) is 0. The van der Waals surface area contributed by atoms with Gasteiger partial charge in [0.2, 0.25) is 0 Å². The van der Waals surface area contributed by atoms with E-state index >= 15 is 0 Å². The van der Waals surface area contributed by atoms with E-state index in [1.807, 2.05) is 0 Å². The van der Waals surface area contributed by atoms with Gasteiger partial charge >= 0.3 is 125 Å². The Hall–Kier alpha value is 0.132. The molecule has 0 radical (unpaired) electrons. The van der Waals surface area contributed by atoms with Crippen LogP contribution in [0.25, 0.3) is 0 Å². The molecule has 0 aliphatic heterocycles. The molecule has 0 amide bonds. The molecule has 0 heterocycles. The first-order valence-corrected chi connectivity index (χ1v) is 18.0. The maximum absolute atomic E-state index is 12.0. The summed E-state index contributed by atoms with van der Waals surface area (Å²) < 4.78 is 9.76. The molecule has 0 rings (SSSR count). The monoisotopic (exact) mass is 464 g/mol. The SMILES string of the molecule is C=[C](C(=O)OC)[Pb]([CH2]CCC)([CH2]CCC)[CH2]CCC. The summed E-state index contributed by atoms with van der Waals surface area (Å²) in [6.07, 6.45) is 7.42. The molecule has 0 aromatic carbocycles. The average molecular weight is 464 g/mol. The van der Waals surface area contributed by atoms with Crippen LogP contribution in [0.15, 0.2) is 9.71 Å². The molecular formula is C16H32O2Pb. The summed E-state index contributed by atoms with van der Waals surface area (Å²) in [5.74, 6) is -0.120. The van der Waals surface area contributed by atoms with Crippen molar-refractivity contribution in [3.63, 3.8) is 0 Å². The van der Waals surface area contributed by atoms with Gasteiger partial charge in [-0.05, 0) is 0 Å². The summed E-state index contributed by atoms with van der Waals surface area (Å²) in [4.78, 5) is 12.0. The van der Waals surface area contributed by atoms with Gasteiger partial charge in [-0.2, -0.15) is 0 Å². The van der Waals surface area contributed by atoms with Crippen molar-refractivity contribution >= 4 is 27.1 Å². The van der Waals surface area contributed by atoms with Crippen LogP contribution in [0.4, 0.5) is 0 Å². The van der Waals surface area contributed by atoms with Gasteiger partial charge in [0.15, 0.2) is 0 Å². The molecule has 0 atom stereocenters. The van der Waals surface area contributed by atoms with Gasteiger partial charge in [-0.15, -0.1) is 0 Å². The minimum atomic E-state index is -2.72. The normalized spacial score (nSPS) is 11.4. The Morgan fingerprint density at radius 3 is 1.58 bits per heavy atom. The minimum absolute atomic E-state index is 0.120. The molecule has 0 saturated carbocycles. The molecule has 19 heavy (non-hydrogen) atoms. The van der Waals surface area contributed by atoms with E-state index < -0.39 is 21.2 Å². The quantitative estimate of drug-likeness (QED) is 0.242. The van der Waals surface area contributed by atoms with Crippen LogP contribution < -0.4 is 0 Å². The number of carbonyl (C=O) groups is 1. The fourth-order valence-corrected chi connectivity index (χ4v) is 23.2. The molecule has 0 unspecified atom stereocenters. The van der Waals surface area contributed by atoms with E-state index in [-0.39, 0.29) is 5.97 Å². The predicted octanol–water partition coefficient (Wildman–Crippen LogP) is 5.10. The molecule has 0 saturated heterocycles. The number of hydrogen-bond donors (Lipinski definition) is 0. The van der Waals surface area contributed by atoms with Gasteiger partial charge in [0.25, 0.3) is 0 Å². The van der Waals surface area contributed by atoms with Crippen LogP contribution >= 0.6 is 0 Å². The van der Waals surface area contributed by atoms with Gasteiger partial charge in [0.05, 0.1) is 0 Å². The molecule has 0 bridgehead atoms. The number of rotatable bonds is 11. The predicted molar refractivity (Wildman–Crippen MR) is 86.1 cm³/mol. The molecule has 0 spiro atoms. The number of esters is 1. The molecule has 0 aliphatic carbocycles. The van der Waals surface area contributed by atoms with Crippen LogP contribution in [0.1, 0.15) is 59.3 Å². The zero-order valence-corrected chi connectivity index (χ0v) is 17.3. The van der Waals surface area contributed by atoms with Crippen LogP contribution in [0.3, 0.4) is 0 Å². The summed E-state index contributed by atoms with van der Waals surface area (Å²) in [5, 5.41) is 0. The van der Waals surface area contributed by atoms with E-state index in [0.717, 1.165) is 3.13 Å². The Balaban J connectivity index is 5.06. The van der Waals surface area contributed by atoms with Crippen LogP contribution in [0.2, 0.25) is 11.9 Å². The first-order chi connectivity index (χ1) is 9.07. The first kappa shape index (κ1) is 19.1. The second-order valence-corrected chi connectivity index (χ2v) is 23.7. The number of carbonyl (C=O) groups excluding carboxylic acids is 1. The Labute approximate surface area is 124 Å². The third-order valence-corrected chi connectivity index (χ3v) is 25.2. The van der Waals surface area contributed by atoms with E-state index in [2.05, 4.69) is 27.4 Å². The van der Waals surface area contributed by atoms with Crippen molar-refractivity contribution < 1.29 is 9.53 Å². The number of ether oxygens (including phenoxy) is 1. The molecule has 3 heteroatoms. The zero-order valence-electron chi connectivity index (χ0n) is 13.4. The molecule has 112 valence electrons. The van der Waals surface area contributed by atoms with Gasteiger partial charge < -0.3 is 0 Å². The maximum atomic E-state index is 12.0. The third-order valence-electron chi connectivity index (χ3n) is 4.10. The molecule has 0 fully saturated rings. The first-order valence-electron chi connectivity index (χ1n) is 7.85. The Morgan fingerprint density at radius 2 is 1.32 bits per heavy atom. The van der Waals surface area contributed by atoms with E-state index in [0.29, 0.717) is 0 Å². The molecule has 0 aromatic heterocycles. The van der Waals surface area contributed by atoms with Crippen LogP contribution in [-0.2, 0) is 9.53 Å². The molecular weight excluding hydrogens is 431 g/mol. The van der Waals surface area contributed by atoms with Crippen molar-refractivity contribution in [2.24, 2.45) is 0 Å². The second-order valence-electron chi connectivity index (χ2n) is 5.56.